The van der Waals surface area contributed by atoms with Gasteiger partial charge in [-0.25, -0.2) is 9.59 Å². The van der Waals surface area contributed by atoms with Gasteiger partial charge >= 0.3 is 12.0 Å². The normalized spacial score (nSPS) is 16.5. The summed E-state index contributed by atoms with van der Waals surface area (Å²) in [5, 5.41) is 5.26. The van der Waals surface area contributed by atoms with Gasteiger partial charge in [-0.05, 0) is 37.1 Å². The molecule has 1 saturated heterocycles. The Morgan fingerprint density at radius 3 is 2.50 bits per heavy atom. The number of carbonyl (C=O) groups excluding carboxylic acids is 4. The Hall–Kier alpha value is -2.90. The zero-order valence-electron chi connectivity index (χ0n) is 12.9. The predicted octanol–water partition coefficient (Wildman–Crippen LogP) is 0.744. The van der Waals surface area contributed by atoms with E-state index in [4.69, 9.17) is 4.74 Å². The quantitative estimate of drug-likeness (QED) is 0.775. The largest absolute Gasteiger partial charge is 0.452 e. The van der Waals surface area contributed by atoms with Gasteiger partial charge in [0.05, 0.1) is 5.56 Å². The lowest BCUT2D eigenvalue weighted by Gasteiger charge is -2.12. The van der Waals surface area contributed by atoms with E-state index in [1.807, 2.05) is 0 Å². The van der Waals surface area contributed by atoms with Gasteiger partial charge in [0.1, 0.15) is 0 Å². The van der Waals surface area contributed by atoms with E-state index in [2.05, 4.69) is 10.6 Å². The molecule has 0 bridgehead atoms. The summed E-state index contributed by atoms with van der Waals surface area (Å²) in [7, 11) is 0. The summed E-state index contributed by atoms with van der Waals surface area (Å²) in [5.74, 6) is -1.14. The summed E-state index contributed by atoms with van der Waals surface area (Å²) in [6.07, 6.45) is 1.83. The minimum absolute atomic E-state index is 0.0141. The van der Waals surface area contributed by atoms with Gasteiger partial charge in [0.2, 0.25) is 5.91 Å². The molecule has 2 N–H and O–H groups in total. The Balaban J connectivity index is 1.50. The molecule has 1 saturated carbocycles. The predicted molar refractivity (Wildman–Crippen MR) is 83.2 cm³/mol. The minimum atomic E-state index is -0.664. The molecule has 8 nitrogen and oxygen atoms in total. The van der Waals surface area contributed by atoms with Crippen LogP contribution in [0.4, 0.5) is 10.5 Å². The second kappa shape index (κ2) is 6.69. The number of urea groups is 1. The standard InChI is InChI=1S/C16H17N3O5/c20-13(19-8-7-17-16(19)23)9-24-15(22)11-3-5-12(6-4-11)18-14(21)10-1-2-10/h3-6,10H,1-2,7-9H2,(H,17,23)(H,18,21). The smallest absolute Gasteiger partial charge is 0.338 e. The number of carbonyl (C=O) groups is 4. The molecule has 1 heterocycles. The Bertz CT molecular complexity index is 681. The van der Waals surface area contributed by atoms with E-state index in [1.54, 1.807) is 12.1 Å². The van der Waals surface area contributed by atoms with Gasteiger partial charge in [-0.1, -0.05) is 0 Å². The minimum Gasteiger partial charge on any atom is -0.452 e. The Morgan fingerprint density at radius 2 is 1.92 bits per heavy atom. The number of nitrogens with zero attached hydrogens (tertiary/aromatic N) is 1. The van der Waals surface area contributed by atoms with Crippen LogP contribution in [0.15, 0.2) is 24.3 Å². The van der Waals surface area contributed by atoms with Crippen molar-refractivity contribution in [3.8, 4) is 0 Å². The van der Waals surface area contributed by atoms with Gasteiger partial charge in [-0.2, -0.15) is 0 Å². The number of nitrogens with one attached hydrogen (secondary N) is 2. The van der Waals surface area contributed by atoms with Crippen molar-refractivity contribution in [2.75, 3.05) is 25.0 Å². The van der Waals surface area contributed by atoms with Crippen molar-refractivity contribution >= 4 is 29.5 Å². The second-order valence-corrected chi connectivity index (χ2v) is 5.69. The van der Waals surface area contributed by atoms with Crippen LogP contribution in [0.2, 0.25) is 0 Å². The number of amides is 4. The van der Waals surface area contributed by atoms with E-state index in [0.717, 1.165) is 17.7 Å². The number of imide groups is 1. The van der Waals surface area contributed by atoms with E-state index in [0.29, 0.717) is 12.2 Å². The number of hydrogen-bond acceptors (Lipinski definition) is 5. The van der Waals surface area contributed by atoms with E-state index < -0.39 is 24.5 Å². The molecule has 4 amide bonds. The van der Waals surface area contributed by atoms with Crippen molar-refractivity contribution in [2.24, 2.45) is 5.92 Å². The maximum atomic E-state index is 11.9. The highest BCUT2D eigenvalue weighted by atomic mass is 16.5. The zero-order chi connectivity index (χ0) is 17.1. The summed E-state index contributed by atoms with van der Waals surface area (Å²) in [4.78, 5) is 47.7. The number of ether oxygens (including phenoxy) is 1. The van der Waals surface area contributed by atoms with Crippen molar-refractivity contribution < 1.29 is 23.9 Å². The van der Waals surface area contributed by atoms with Crippen molar-refractivity contribution in [1.29, 1.82) is 0 Å². The van der Waals surface area contributed by atoms with Crippen LogP contribution in [0.5, 0.6) is 0 Å². The highest BCUT2D eigenvalue weighted by Crippen LogP contribution is 2.30. The van der Waals surface area contributed by atoms with Crippen molar-refractivity contribution in [3.63, 3.8) is 0 Å². The lowest BCUT2D eigenvalue weighted by molar-refractivity contribution is -0.130. The third-order valence-electron chi connectivity index (χ3n) is 3.82. The number of rotatable bonds is 5. The van der Waals surface area contributed by atoms with E-state index in [9.17, 15) is 19.2 Å². The molecular weight excluding hydrogens is 314 g/mol. The van der Waals surface area contributed by atoms with Crippen LogP contribution in [0.1, 0.15) is 23.2 Å². The fraction of sp³-hybridized carbons (Fsp3) is 0.375. The molecular formula is C16H17N3O5. The van der Waals surface area contributed by atoms with Crippen LogP contribution in [0.3, 0.4) is 0 Å². The average Bonchev–Trinajstić information content (AvgIpc) is 3.35. The summed E-state index contributed by atoms with van der Waals surface area (Å²) < 4.78 is 4.92. The molecule has 1 aliphatic carbocycles. The topological polar surface area (TPSA) is 105 Å². The average molecular weight is 331 g/mol. The third kappa shape index (κ3) is 3.70. The van der Waals surface area contributed by atoms with E-state index in [-0.39, 0.29) is 23.9 Å². The molecule has 0 radical (unpaired) electrons. The SMILES string of the molecule is O=C(OCC(=O)N1CCNC1=O)c1ccc(NC(=O)C2CC2)cc1. The molecule has 0 aromatic heterocycles. The molecule has 0 spiro atoms. The highest BCUT2D eigenvalue weighted by molar-refractivity contribution is 5.98. The maximum absolute atomic E-state index is 11.9. The van der Waals surface area contributed by atoms with Gasteiger partial charge in [-0.3, -0.25) is 14.5 Å². The van der Waals surface area contributed by atoms with Gasteiger partial charge in [0.25, 0.3) is 5.91 Å². The molecule has 2 fully saturated rings. The first kappa shape index (κ1) is 16.0. The molecule has 126 valence electrons. The first-order valence-corrected chi connectivity index (χ1v) is 7.71. The van der Waals surface area contributed by atoms with Gasteiger partial charge in [-0.15, -0.1) is 0 Å². The Morgan fingerprint density at radius 1 is 1.21 bits per heavy atom. The van der Waals surface area contributed by atoms with Crippen LogP contribution < -0.4 is 10.6 Å². The number of benzene rings is 1. The number of anilines is 1. The summed E-state index contributed by atoms with van der Waals surface area (Å²) >= 11 is 0. The zero-order valence-corrected chi connectivity index (χ0v) is 12.9. The highest BCUT2D eigenvalue weighted by Gasteiger charge is 2.29. The summed E-state index contributed by atoms with van der Waals surface area (Å²) in [6.45, 7) is 0.170. The van der Waals surface area contributed by atoms with Crippen molar-refractivity contribution in [2.45, 2.75) is 12.8 Å². The third-order valence-corrected chi connectivity index (χ3v) is 3.82. The summed E-state index contributed by atoms with van der Waals surface area (Å²) in [6, 6.07) is 5.75. The molecule has 0 unspecified atom stereocenters. The van der Waals surface area contributed by atoms with Crippen LogP contribution in [-0.2, 0) is 14.3 Å². The van der Waals surface area contributed by atoms with Crippen LogP contribution >= 0.6 is 0 Å². The first-order valence-electron chi connectivity index (χ1n) is 7.71. The van der Waals surface area contributed by atoms with Gasteiger partial charge in [0.15, 0.2) is 6.61 Å². The molecule has 1 aromatic carbocycles. The molecule has 24 heavy (non-hydrogen) atoms. The summed E-state index contributed by atoms with van der Waals surface area (Å²) in [5.41, 5.74) is 0.867. The fourth-order valence-corrected chi connectivity index (χ4v) is 2.28. The molecule has 1 aromatic rings. The van der Waals surface area contributed by atoms with Crippen LogP contribution in [0, 0.1) is 5.92 Å². The maximum Gasteiger partial charge on any atom is 0.338 e. The van der Waals surface area contributed by atoms with Crippen molar-refractivity contribution in [3.05, 3.63) is 29.8 Å². The Kier molecular flexibility index (Phi) is 4.45. The molecule has 3 rings (SSSR count). The number of hydrogen-bond donors (Lipinski definition) is 2. The van der Waals surface area contributed by atoms with Gasteiger partial charge in [0, 0.05) is 24.7 Å². The number of esters is 1. The molecule has 1 aliphatic heterocycles. The lowest BCUT2D eigenvalue weighted by Crippen LogP contribution is -2.37. The Labute approximate surface area is 138 Å². The van der Waals surface area contributed by atoms with E-state index in [1.165, 1.54) is 12.1 Å². The van der Waals surface area contributed by atoms with Crippen molar-refractivity contribution in [1.82, 2.24) is 10.2 Å². The van der Waals surface area contributed by atoms with Crippen LogP contribution in [0.25, 0.3) is 0 Å². The first-order chi connectivity index (χ1) is 11.5. The molecule has 0 atom stereocenters. The molecule has 8 heteroatoms. The van der Waals surface area contributed by atoms with E-state index >= 15 is 0 Å². The van der Waals surface area contributed by atoms with Gasteiger partial charge < -0.3 is 15.4 Å². The second-order valence-electron chi connectivity index (χ2n) is 5.69. The lowest BCUT2D eigenvalue weighted by atomic mass is 10.2. The molecule has 2 aliphatic rings. The monoisotopic (exact) mass is 331 g/mol. The fourth-order valence-electron chi connectivity index (χ4n) is 2.28. The van der Waals surface area contributed by atoms with Crippen LogP contribution in [-0.4, -0.2) is 48.4 Å².